The van der Waals surface area contributed by atoms with Crippen LogP contribution in [-0.4, -0.2) is 38.4 Å². The minimum atomic E-state index is 0.566. The lowest BCUT2D eigenvalue weighted by atomic mass is 10.1. The maximum Gasteiger partial charge on any atom is 0.130 e. The first-order valence-corrected chi connectivity index (χ1v) is 5.39. The third-order valence-electron chi connectivity index (χ3n) is 2.78. The van der Waals surface area contributed by atoms with Gasteiger partial charge in [0, 0.05) is 25.3 Å². The average molecular weight is 219 g/mol. The lowest BCUT2D eigenvalue weighted by Gasteiger charge is -2.05. The molecule has 1 N–H and O–H groups in total. The highest BCUT2D eigenvalue weighted by atomic mass is 16.5. The van der Waals surface area contributed by atoms with E-state index >= 15 is 0 Å². The molecule has 6 heteroatoms. The van der Waals surface area contributed by atoms with E-state index in [4.69, 9.17) is 4.74 Å². The van der Waals surface area contributed by atoms with Crippen LogP contribution in [0.15, 0.2) is 18.5 Å². The molecule has 0 aliphatic carbocycles. The zero-order valence-corrected chi connectivity index (χ0v) is 8.83. The summed E-state index contributed by atoms with van der Waals surface area (Å²) in [4.78, 5) is 0. The average Bonchev–Trinajstić information content (AvgIpc) is 2.99. The molecule has 0 bridgehead atoms. The lowest BCUT2D eigenvalue weighted by Crippen LogP contribution is -2.10. The predicted octanol–water partition coefficient (Wildman–Crippen LogP) is 0.705. The van der Waals surface area contributed by atoms with E-state index in [1.54, 1.807) is 6.20 Å². The molecule has 2 aromatic heterocycles. The molecule has 3 rings (SSSR count). The van der Waals surface area contributed by atoms with E-state index < -0.39 is 0 Å². The molecule has 16 heavy (non-hydrogen) atoms. The molecule has 1 unspecified atom stereocenters. The number of aromatic nitrogens is 5. The molecule has 1 atom stereocenters. The van der Waals surface area contributed by atoms with Gasteiger partial charge in [0.2, 0.25) is 0 Å². The van der Waals surface area contributed by atoms with Crippen LogP contribution in [0.2, 0.25) is 0 Å². The van der Waals surface area contributed by atoms with Crippen molar-refractivity contribution in [2.75, 3.05) is 13.2 Å². The van der Waals surface area contributed by atoms with Crippen molar-refractivity contribution >= 4 is 0 Å². The maximum absolute atomic E-state index is 5.33. The molecular formula is C10H13N5O. The number of aromatic amines is 1. The van der Waals surface area contributed by atoms with E-state index in [0.717, 1.165) is 37.6 Å². The molecule has 1 aliphatic rings. The van der Waals surface area contributed by atoms with Gasteiger partial charge in [-0.1, -0.05) is 5.21 Å². The van der Waals surface area contributed by atoms with E-state index in [2.05, 4.69) is 20.5 Å². The first kappa shape index (κ1) is 9.53. The van der Waals surface area contributed by atoms with Crippen LogP contribution in [0.5, 0.6) is 0 Å². The van der Waals surface area contributed by atoms with Crippen LogP contribution in [0.3, 0.4) is 0 Å². The summed E-state index contributed by atoms with van der Waals surface area (Å²) in [5.74, 6) is 0.566. The van der Waals surface area contributed by atoms with Gasteiger partial charge in [0.1, 0.15) is 5.69 Å². The van der Waals surface area contributed by atoms with E-state index in [1.165, 1.54) is 0 Å². The number of ether oxygens (including phenoxy) is 1. The Kier molecular flexibility index (Phi) is 2.41. The van der Waals surface area contributed by atoms with Gasteiger partial charge in [-0.25, -0.2) is 0 Å². The van der Waals surface area contributed by atoms with Crippen LogP contribution in [0, 0.1) is 5.92 Å². The molecule has 0 aromatic carbocycles. The SMILES string of the molecule is c1cc(-c2cn(CC3CCOC3)nn2)[nH]n1. The van der Waals surface area contributed by atoms with Crippen LogP contribution in [0.4, 0.5) is 0 Å². The fourth-order valence-electron chi connectivity index (χ4n) is 1.90. The molecule has 0 spiro atoms. The van der Waals surface area contributed by atoms with Gasteiger partial charge in [0.25, 0.3) is 0 Å². The van der Waals surface area contributed by atoms with Gasteiger partial charge in [-0.05, 0) is 12.5 Å². The summed E-state index contributed by atoms with van der Waals surface area (Å²) < 4.78 is 7.20. The molecule has 1 aliphatic heterocycles. The summed E-state index contributed by atoms with van der Waals surface area (Å²) in [5.41, 5.74) is 1.73. The maximum atomic E-state index is 5.33. The Labute approximate surface area is 92.6 Å². The number of nitrogens with one attached hydrogen (secondary N) is 1. The van der Waals surface area contributed by atoms with E-state index in [1.807, 2.05) is 16.9 Å². The van der Waals surface area contributed by atoms with Crippen molar-refractivity contribution in [1.29, 1.82) is 0 Å². The third-order valence-corrected chi connectivity index (χ3v) is 2.78. The molecule has 1 fully saturated rings. The van der Waals surface area contributed by atoms with Crippen molar-refractivity contribution < 1.29 is 4.74 Å². The highest BCUT2D eigenvalue weighted by Crippen LogP contribution is 2.16. The Morgan fingerprint density at radius 3 is 3.31 bits per heavy atom. The second kappa shape index (κ2) is 4.05. The Morgan fingerprint density at radius 1 is 1.56 bits per heavy atom. The predicted molar refractivity (Wildman–Crippen MR) is 56.5 cm³/mol. The number of H-pyrrole nitrogens is 1. The molecule has 0 saturated carbocycles. The molecule has 3 heterocycles. The van der Waals surface area contributed by atoms with Crippen molar-refractivity contribution in [2.24, 2.45) is 5.92 Å². The minimum absolute atomic E-state index is 0.566. The van der Waals surface area contributed by atoms with E-state index in [9.17, 15) is 0 Å². The van der Waals surface area contributed by atoms with Crippen LogP contribution in [-0.2, 0) is 11.3 Å². The minimum Gasteiger partial charge on any atom is -0.381 e. The van der Waals surface area contributed by atoms with Gasteiger partial charge in [-0.3, -0.25) is 9.78 Å². The molecular weight excluding hydrogens is 206 g/mol. The summed E-state index contributed by atoms with van der Waals surface area (Å²) >= 11 is 0. The summed E-state index contributed by atoms with van der Waals surface area (Å²) in [5, 5.41) is 15.0. The number of hydrogen-bond donors (Lipinski definition) is 1. The zero-order chi connectivity index (χ0) is 10.8. The van der Waals surface area contributed by atoms with Crippen molar-refractivity contribution in [3.8, 4) is 11.4 Å². The largest absolute Gasteiger partial charge is 0.381 e. The lowest BCUT2D eigenvalue weighted by molar-refractivity contribution is 0.181. The number of rotatable bonds is 3. The Balaban J connectivity index is 1.72. The van der Waals surface area contributed by atoms with Crippen molar-refractivity contribution in [3.63, 3.8) is 0 Å². The smallest absolute Gasteiger partial charge is 0.130 e. The molecule has 0 radical (unpaired) electrons. The normalized spacial score (nSPS) is 20.4. The summed E-state index contributed by atoms with van der Waals surface area (Å²) in [6.07, 6.45) is 4.75. The van der Waals surface area contributed by atoms with E-state index in [-0.39, 0.29) is 0 Å². The van der Waals surface area contributed by atoms with Crippen LogP contribution in [0.1, 0.15) is 6.42 Å². The summed E-state index contributed by atoms with van der Waals surface area (Å²) in [6, 6.07) is 1.88. The van der Waals surface area contributed by atoms with Crippen molar-refractivity contribution in [3.05, 3.63) is 18.5 Å². The molecule has 84 valence electrons. The molecule has 6 nitrogen and oxygen atoms in total. The van der Waals surface area contributed by atoms with Crippen LogP contribution in [0.25, 0.3) is 11.4 Å². The topological polar surface area (TPSA) is 68.6 Å². The second-order valence-corrected chi connectivity index (χ2v) is 4.03. The fraction of sp³-hybridized carbons (Fsp3) is 0.500. The monoisotopic (exact) mass is 219 g/mol. The quantitative estimate of drug-likeness (QED) is 0.825. The highest BCUT2D eigenvalue weighted by Gasteiger charge is 2.17. The van der Waals surface area contributed by atoms with Gasteiger partial charge >= 0.3 is 0 Å². The number of nitrogens with zero attached hydrogens (tertiary/aromatic N) is 4. The standard InChI is InChI=1S/C10H13N5O/c1-3-11-12-9(1)10-6-15(14-13-10)5-8-2-4-16-7-8/h1,3,6,8H,2,4-5,7H2,(H,11,12). The Hall–Kier alpha value is -1.69. The van der Waals surface area contributed by atoms with Crippen molar-refractivity contribution in [1.82, 2.24) is 25.2 Å². The first-order valence-electron chi connectivity index (χ1n) is 5.39. The van der Waals surface area contributed by atoms with E-state index in [0.29, 0.717) is 5.92 Å². The van der Waals surface area contributed by atoms with Crippen LogP contribution >= 0.6 is 0 Å². The first-order chi connectivity index (χ1) is 7.92. The van der Waals surface area contributed by atoms with Gasteiger partial charge in [-0.2, -0.15) is 5.10 Å². The summed E-state index contributed by atoms with van der Waals surface area (Å²) in [7, 11) is 0. The zero-order valence-electron chi connectivity index (χ0n) is 8.83. The molecule has 1 saturated heterocycles. The van der Waals surface area contributed by atoms with Gasteiger partial charge in [0.15, 0.2) is 0 Å². The van der Waals surface area contributed by atoms with Crippen molar-refractivity contribution in [2.45, 2.75) is 13.0 Å². The van der Waals surface area contributed by atoms with Gasteiger partial charge in [-0.15, -0.1) is 5.10 Å². The Bertz CT molecular complexity index is 443. The summed E-state index contributed by atoms with van der Waals surface area (Å²) in [6.45, 7) is 2.58. The van der Waals surface area contributed by atoms with Crippen LogP contribution < -0.4 is 0 Å². The second-order valence-electron chi connectivity index (χ2n) is 4.03. The van der Waals surface area contributed by atoms with Gasteiger partial charge in [0.05, 0.1) is 18.5 Å². The van der Waals surface area contributed by atoms with Gasteiger partial charge < -0.3 is 4.74 Å². The third kappa shape index (κ3) is 1.83. The fourth-order valence-corrected chi connectivity index (χ4v) is 1.90. The number of hydrogen-bond acceptors (Lipinski definition) is 4. The Morgan fingerprint density at radius 2 is 2.56 bits per heavy atom. The molecule has 2 aromatic rings. The molecule has 0 amide bonds. The highest BCUT2D eigenvalue weighted by molar-refractivity contribution is 5.50.